The van der Waals surface area contributed by atoms with Crippen molar-refractivity contribution < 1.29 is 4.79 Å². The molecule has 1 aromatic carbocycles. The SMILES string of the molecule is Cn1c(-c2ccccc2)ccc(CC(=O)Cl)c1=O. The monoisotopic (exact) mass is 261 g/mol. The first-order valence-electron chi connectivity index (χ1n) is 5.52. The summed E-state index contributed by atoms with van der Waals surface area (Å²) in [7, 11) is 1.69. The molecule has 0 saturated heterocycles. The van der Waals surface area contributed by atoms with E-state index in [1.54, 1.807) is 13.1 Å². The Kier molecular flexibility index (Phi) is 3.63. The van der Waals surface area contributed by atoms with Gasteiger partial charge in [-0.3, -0.25) is 9.59 Å². The topological polar surface area (TPSA) is 39.1 Å². The van der Waals surface area contributed by atoms with Gasteiger partial charge in [-0.25, -0.2) is 0 Å². The van der Waals surface area contributed by atoms with Crippen molar-refractivity contribution in [3.63, 3.8) is 0 Å². The molecule has 0 atom stereocenters. The van der Waals surface area contributed by atoms with E-state index in [1.165, 1.54) is 4.57 Å². The average Bonchev–Trinajstić information content (AvgIpc) is 2.36. The summed E-state index contributed by atoms with van der Waals surface area (Å²) in [6, 6.07) is 13.1. The van der Waals surface area contributed by atoms with Crippen LogP contribution in [0.4, 0.5) is 0 Å². The van der Waals surface area contributed by atoms with Crippen molar-refractivity contribution >= 4 is 16.8 Å². The van der Waals surface area contributed by atoms with Crippen LogP contribution in [-0.2, 0) is 18.3 Å². The van der Waals surface area contributed by atoms with E-state index >= 15 is 0 Å². The van der Waals surface area contributed by atoms with Crippen molar-refractivity contribution in [1.29, 1.82) is 0 Å². The molecule has 0 aliphatic carbocycles. The zero-order valence-electron chi connectivity index (χ0n) is 9.89. The van der Waals surface area contributed by atoms with Crippen molar-refractivity contribution in [1.82, 2.24) is 4.57 Å². The summed E-state index contributed by atoms with van der Waals surface area (Å²) < 4.78 is 1.53. The molecule has 0 aliphatic heterocycles. The standard InChI is InChI=1S/C14H12ClNO2/c1-16-12(10-5-3-2-4-6-10)8-7-11(14(16)18)9-13(15)17/h2-8H,9H2,1H3. The van der Waals surface area contributed by atoms with Gasteiger partial charge in [-0.15, -0.1) is 0 Å². The molecular formula is C14H12ClNO2. The third kappa shape index (κ3) is 2.51. The number of hydrogen-bond acceptors (Lipinski definition) is 2. The Morgan fingerprint density at radius 1 is 1.17 bits per heavy atom. The predicted molar refractivity (Wildman–Crippen MR) is 71.7 cm³/mol. The fourth-order valence-electron chi connectivity index (χ4n) is 1.87. The molecule has 0 N–H and O–H groups in total. The maximum Gasteiger partial charge on any atom is 0.254 e. The quantitative estimate of drug-likeness (QED) is 0.796. The van der Waals surface area contributed by atoms with E-state index in [0.717, 1.165) is 11.3 Å². The van der Waals surface area contributed by atoms with Crippen LogP contribution in [0.2, 0.25) is 0 Å². The van der Waals surface area contributed by atoms with Crippen molar-refractivity contribution in [3.05, 3.63) is 58.4 Å². The average molecular weight is 262 g/mol. The number of carbonyl (C=O) groups is 1. The van der Waals surface area contributed by atoms with Gasteiger partial charge in [0.15, 0.2) is 0 Å². The number of halogens is 1. The van der Waals surface area contributed by atoms with Crippen LogP contribution in [0.25, 0.3) is 11.3 Å². The first-order chi connectivity index (χ1) is 8.59. The lowest BCUT2D eigenvalue weighted by Gasteiger charge is -2.09. The molecule has 0 amide bonds. The number of hydrogen-bond donors (Lipinski definition) is 0. The molecular weight excluding hydrogens is 250 g/mol. The molecule has 0 unspecified atom stereocenters. The predicted octanol–water partition coefficient (Wildman–Crippen LogP) is 2.36. The second kappa shape index (κ2) is 5.19. The number of benzene rings is 1. The van der Waals surface area contributed by atoms with Crippen molar-refractivity contribution in [2.24, 2.45) is 7.05 Å². The molecule has 3 nitrogen and oxygen atoms in total. The highest BCUT2D eigenvalue weighted by Gasteiger charge is 2.09. The van der Waals surface area contributed by atoms with Crippen molar-refractivity contribution in [3.8, 4) is 11.3 Å². The van der Waals surface area contributed by atoms with Gasteiger partial charge in [-0.05, 0) is 23.2 Å². The van der Waals surface area contributed by atoms with Gasteiger partial charge in [0, 0.05) is 12.6 Å². The second-order valence-electron chi connectivity index (χ2n) is 4.01. The molecule has 0 radical (unpaired) electrons. The minimum atomic E-state index is -0.528. The van der Waals surface area contributed by atoms with E-state index in [2.05, 4.69) is 0 Å². The third-order valence-electron chi connectivity index (χ3n) is 2.78. The summed E-state index contributed by atoms with van der Waals surface area (Å²) in [6.07, 6.45) is -0.0384. The van der Waals surface area contributed by atoms with Crippen LogP contribution in [0, 0.1) is 0 Å². The molecule has 0 aliphatic rings. The van der Waals surface area contributed by atoms with Gasteiger partial charge in [0.05, 0.1) is 12.1 Å². The van der Waals surface area contributed by atoms with E-state index in [4.69, 9.17) is 11.6 Å². The van der Waals surface area contributed by atoms with Gasteiger partial charge in [-0.2, -0.15) is 0 Å². The Bertz CT molecular complexity index is 632. The van der Waals surface area contributed by atoms with Gasteiger partial charge in [0.2, 0.25) is 5.24 Å². The highest BCUT2D eigenvalue weighted by atomic mass is 35.5. The van der Waals surface area contributed by atoms with E-state index < -0.39 is 5.24 Å². The molecule has 0 bridgehead atoms. The summed E-state index contributed by atoms with van der Waals surface area (Å²) in [4.78, 5) is 22.9. The smallest absolute Gasteiger partial charge is 0.254 e. The van der Waals surface area contributed by atoms with Crippen molar-refractivity contribution in [2.75, 3.05) is 0 Å². The van der Waals surface area contributed by atoms with Gasteiger partial charge >= 0.3 is 0 Å². The Hall–Kier alpha value is -1.87. The summed E-state index contributed by atoms with van der Waals surface area (Å²) >= 11 is 5.31. The number of pyridine rings is 1. The van der Waals surface area contributed by atoms with E-state index in [1.807, 2.05) is 36.4 Å². The largest absolute Gasteiger partial charge is 0.311 e. The molecule has 0 saturated carbocycles. The first kappa shape index (κ1) is 12.6. The van der Waals surface area contributed by atoms with Crippen LogP contribution in [0.5, 0.6) is 0 Å². The molecule has 1 aromatic heterocycles. The van der Waals surface area contributed by atoms with Crippen molar-refractivity contribution in [2.45, 2.75) is 6.42 Å². The maximum atomic E-state index is 12.1. The van der Waals surface area contributed by atoms with E-state index in [9.17, 15) is 9.59 Å². The Morgan fingerprint density at radius 2 is 1.83 bits per heavy atom. The lowest BCUT2D eigenvalue weighted by Crippen LogP contribution is -2.23. The number of rotatable bonds is 3. The van der Waals surface area contributed by atoms with E-state index in [0.29, 0.717) is 5.56 Å². The Labute approximate surface area is 110 Å². The number of aromatic nitrogens is 1. The molecule has 0 spiro atoms. The summed E-state index contributed by atoms with van der Waals surface area (Å²) in [5.74, 6) is 0. The molecule has 92 valence electrons. The highest BCUT2D eigenvalue weighted by molar-refractivity contribution is 6.63. The van der Waals surface area contributed by atoms with E-state index in [-0.39, 0.29) is 12.0 Å². The fraction of sp³-hybridized carbons (Fsp3) is 0.143. The third-order valence-corrected chi connectivity index (χ3v) is 2.92. The minimum Gasteiger partial charge on any atom is -0.311 e. The number of carbonyl (C=O) groups excluding carboxylic acids is 1. The van der Waals surface area contributed by atoms with Gasteiger partial charge in [0.1, 0.15) is 0 Å². The fourth-order valence-corrected chi connectivity index (χ4v) is 2.01. The molecule has 1 heterocycles. The number of nitrogens with zero attached hydrogens (tertiary/aromatic N) is 1. The van der Waals surface area contributed by atoms with Gasteiger partial charge < -0.3 is 4.57 Å². The molecule has 0 fully saturated rings. The first-order valence-corrected chi connectivity index (χ1v) is 5.90. The van der Waals surface area contributed by atoms with Crippen LogP contribution in [0.3, 0.4) is 0 Å². The van der Waals surface area contributed by atoms with Crippen LogP contribution in [-0.4, -0.2) is 9.81 Å². The summed E-state index contributed by atoms with van der Waals surface area (Å²) in [5, 5.41) is -0.528. The minimum absolute atomic E-state index is 0.0384. The van der Waals surface area contributed by atoms with Crippen LogP contribution >= 0.6 is 11.6 Å². The Balaban J connectivity index is 2.51. The van der Waals surface area contributed by atoms with Crippen LogP contribution in [0.15, 0.2) is 47.3 Å². The molecule has 2 aromatic rings. The summed E-state index contributed by atoms with van der Waals surface area (Å²) in [6.45, 7) is 0. The van der Waals surface area contributed by atoms with Crippen LogP contribution < -0.4 is 5.56 Å². The normalized spacial score (nSPS) is 10.3. The maximum absolute atomic E-state index is 12.1. The Morgan fingerprint density at radius 3 is 2.44 bits per heavy atom. The summed E-state index contributed by atoms with van der Waals surface area (Å²) in [5.41, 5.74) is 2.00. The zero-order chi connectivity index (χ0) is 13.1. The lowest BCUT2D eigenvalue weighted by molar-refractivity contribution is -0.111. The van der Waals surface area contributed by atoms with Gasteiger partial charge in [0.25, 0.3) is 5.56 Å². The molecule has 18 heavy (non-hydrogen) atoms. The zero-order valence-corrected chi connectivity index (χ0v) is 10.6. The second-order valence-corrected chi connectivity index (χ2v) is 4.43. The molecule has 4 heteroatoms. The van der Waals surface area contributed by atoms with Gasteiger partial charge in [-0.1, -0.05) is 36.4 Å². The lowest BCUT2D eigenvalue weighted by atomic mass is 10.1. The molecule has 2 rings (SSSR count). The van der Waals surface area contributed by atoms with Crippen LogP contribution in [0.1, 0.15) is 5.56 Å². The highest BCUT2D eigenvalue weighted by Crippen LogP contribution is 2.17.